The summed E-state index contributed by atoms with van der Waals surface area (Å²) in [5.74, 6) is 0. The third-order valence-corrected chi connectivity index (χ3v) is 4.63. The molecule has 1 aliphatic heterocycles. The topological polar surface area (TPSA) is 32.5 Å². The highest BCUT2D eigenvalue weighted by atomic mass is 15.2. The first-order valence-electron chi connectivity index (χ1n) is 7.76. The molecule has 1 unspecified atom stereocenters. The van der Waals surface area contributed by atoms with Crippen LogP contribution in [0.25, 0.3) is 0 Å². The number of hydrogen-bond donors (Lipinski definition) is 1. The Balaban J connectivity index is 2.31. The summed E-state index contributed by atoms with van der Waals surface area (Å²) in [6.45, 7) is 10.3. The van der Waals surface area contributed by atoms with E-state index in [1.165, 1.54) is 58.2 Å². The Kier molecular flexibility index (Phi) is 7.20. The SMILES string of the molecule is CCCCCC(C)(CN)N(C)CCN1CCCC1. The quantitative estimate of drug-likeness (QED) is 0.642. The number of likely N-dealkylation sites (tertiary alicyclic amines) is 1. The Morgan fingerprint density at radius 2 is 1.89 bits per heavy atom. The maximum absolute atomic E-state index is 6.02. The fourth-order valence-corrected chi connectivity index (χ4v) is 2.77. The maximum Gasteiger partial charge on any atom is 0.0301 e. The predicted octanol–water partition coefficient (Wildman–Crippen LogP) is 2.31. The molecule has 1 heterocycles. The van der Waals surface area contributed by atoms with Crippen LogP contribution in [0.5, 0.6) is 0 Å². The van der Waals surface area contributed by atoms with Crippen LogP contribution in [0.1, 0.15) is 52.4 Å². The lowest BCUT2D eigenvalue weighted by Crippen LogP contribution is -2.51. The molecule has 0 aromatic rings. The molecule has 3 heteroatoms. The zero-order chi connectivity index (χ0) is 13.4. The second kappa shape index (κ2) is 8.13. The Labute approximate surface area is 114 Å². The first kappa shape index (κ1) is 15.9. The van der Waals surface area contributed by atoms with Crippen molar-refractivity contribution in [3.8, 4) is 0 Å². The van der Waals surface area contributed by atoms with E-state index >= 15 is 0 Å². The van der Waals surface area contributed by atoms with Gasteiger partial charge in [-0.2, -0.15) is 0 Å². The number of nitrogens with zero attached hydrogens (tertiary/aromatic N) is 2. The van der Waals surface area contributed by atoms with Crippen molar-refractivity contribution in [2.24, 2.45) is 5.73 Å². The van der Waals surface area contributed by atoms with Gasteiger partial charge < -0.3 is 10.6 Å². The molecule has 1 aliphatic rings. The minimum atomic E-state index is 0.189. The molecule has 0 saturated carbocycles. The fourth-order valence-electron chi connectivity index (χ4n) is 2.77. The highest BCUT2D eigenvalue weighted by molar-refractivity contribution is 4.86. The molecule has 1 atom stereocenters. The monoisotopic (exact) mass is 255 g/mol. The zero-order valence-electron chi connectivity index (χ0n) is 12.7. The maximum atomic E-state index is 6.02. The van der Waals surface area contributed by atoms with Crippen LogP contribution in [0.2, 0.25) is 0 Å². The molecule has 0 aliphatic carbocycles. The van der Waals surface area contributed by atoms with E-state index in [2.05, 4.69) is 30.7 Å². The third kappa shape index (κ3) is 4.87. The van der Waals surface area contributed by atoms with Gasteiger partial charge in [0.15, 0.2) is 0 Å². The van der Waals surface area contributed by atoms with E-state index in [4.69, 9.17) is 5.73 Å². The van der Waals surface area contributed by atoms with Crippen molar-refractivity contribution < 1.29 is 0 Å². The Morgan fingerprint density at radius 3 is 2.44 bits per heavy atom. The summed E-state index contributed by atoms with van der Waals surface area (Å²) < 4.78 is 0. The van der Waals surface area contributed by atoms with E-state index in [0.29, 0.717) is 0 Å². The van der Waals surface area contributed by atoms with E-state index in [-0.39, 0.29) is 5.54 Å². The minimum Gasteiger partial charge on any atom is -0.329 e. The van der Waals surface area contributed by atoms with Crippen molar-refractivity contribution in [2.45, 2.75) is 57.9 Å². The fraction of sp³-hybridized carbons (Fsp3) is 1.00. The van der Waals surface area contributed by atoms with Gasteiger partial charge in [0.05, 0.1) is 0 Å². The highest BCUT2D eigenvalue weighted by Gasteiger charge is 2.27. The van der Waals surface area contributed by atoms with Gasteiger partial charge in [-0.1, -0.05) is 26.2 Å². The van der Waals surface area contributed by atoms with Crippen LogP contribution in [0, 0.1) is 0 Å². The number of likely N-dealkylation sites (N-methyl/N-ethyl adjacent to an activating group) is 1. The second-order valence-corrected chi connectivity index (χ2v) is 6.13. The molecular weight excluding hydrogens is 222 g/mol. The van der Waals surface area contributed by atoms with Crippen molar-refractivity contribution in [1.29, 1.82) is 0 Å². The lowest BCUT2D eigenvalue weighted by Gasteiger charge is -2.39. The molecule has 1 fully saturated rings. The average Bonchev–Trinajstić information content (AvgIpc) is 2.89. The van der Waals surface area contributed by atoms with E-state index in [0.717, 1.165) is 13.1 Å². The lowest BCUT2D eigenvalue weighted by molar-refractivity contribution is 0.116. The predicted molar refractivity (Wildman–Crippen MR) is 79.9 cm³/mol. The molecule has 0 spiro atoms. The van der Waals surface area contributed by atoms with Gasteiger partial charge in [-0.25, -0.2) is 0 Å². The minimum absolute atomic E-state index is 0.189. The average molecular weight is 255 g/mol. The summed E-state index contributed by atoms with van der Waals surface area (Å²) in [4.78, 5) is 5.07. The van der Waals surface area contributed by atoms with Crippen LogP contribution in [0.15, 0.2) is 0 Å². The first-order valence-corrected chi connectivity index (χ1v) is 7.76. The normalized spacial score (nSPS) is 20.5. The molecule has 1 saturated heterocycles. The Hall–Kier alpha value is -0.120. The molecule has 2 N–H and O–H groups in total. The molecular formula is C15H33N3. The lowest BCUT2D eigenvalue weighted by atomic mass is 9.92. The standard InChI is InChI=1S/C15H33N3/c1-4-5-6-9-15(2,14-16)17(3)12-13-18-10-7-8-11-18/h4-14,16H2,1-3H3. The number of unbranched alkanes of at least 4 members (excludes halogenated alkanes) is 2. The van der Waals surface area contributed by atoms with Crippen LogP contribution in [0.3, 0.4) is 0 Å². The molecule has 3 nitrogen and oxygen atoms in total. The highest BCUT2D eigenvalue weighted by Crippen LogP contribution is 2.20. The van der Waals surface area contributed by atoms with Crippen LogP contribution in [-0.2, 0) is 0 Å². The number of hydrogen-bond acceptors (Lipinski definition) is 3. The van der Waals surface area contributed by atoms with E-state index < -0.39 is 0 Å². The number of nitrogens with two attached hydrogens (primary N) is 1. The summed E-state index contributed by atoms with van der Waals surface area (Å²) in [6.07, 6.45) is 7.92. The third-order valence-electron chi connectivity index (χ3n) is 4.63. The van der Waals surface area contributed by atoms with Crippen molar-refractivity contribution in [1.82, 2.24) is 9.80 Å². The van der Waals surface area contributed by atoms with Crippen LogP contribution >= 0.6 is 0 Å². The molecule has 108 valence electrons. The van der Waals surface area contributed by atoms with Gasteiger partial charge in [-0.05, 0) is 46.3 Å². The molecule has 0 radical (unpaired) electrons. The molecule has 18 heavy (non-hydrogen) atoms. The Morgan fingerprint density at radius 1 is 1.22 bits per heavy atom. The largest absolute Gasteiger partial charge is 0.329 e. The van der Waals surface area contributed by atoms with Crippen molar-refractivity contribution in [3.05, 3.63) is 0 Å². The van der Waals surface area contributed by atoms with Gasteiger partial charge >= 0.3 is 0 Å². The van der Waals surface area contributed by atoms with Gasteiger partial charge in [0.25, 0.3) is 0 Å². The van der Waals surface area contributed by atoms with E-state index in [1.807, 2.05) is 0 Å². The molecule has 0 aromatic heterocycles. The van der Waals surface area contributed by atoms with Crippen molar-refractivity contribution in [2.75, 3.05) is 39.8 Å². The second-order valence-electron chi connectivity index (χ2n) is 6.13. The molecule has 1 rings (SSSR count). The summed E-state index contributed by atoms with van der Waals surface area (Å²) in [7, 11) is 2.24. The summed E-state index contributed by atoms with van der Waals surface area (Å²) in [5.41, 5.74) is 6.21. The zero-order valence-corrected chi connectivity index (χ0v) is 12.7. The van der Waals surface area contributed by atoms with E-state index in [1.54, 1.807) is 0 Å². The first-order chi connectivity index (χ1) is 8.62. The van der Waals surface area contributed by atoms with Crippen LogP contribution in [-0.4, -0.2) is 55.1 Å². The van der Waals surface area contributed by atoms with Crippen molar-refractivity contribution >= 4 is 0 Å². The summed E-state index contributed by atoms with van der Waals surface area (Å²) >= 11 is 0. The molecule has 0 amide bonds. The smallest absolute Gasteiger partial charge is 0.0301 e. The van der Waals surface area contributed by atoms with Crippen LogP contribution < -0.4 is 5.73 Å². The van der Waals surface area contributed by atoms with Crippen molar-refractivity contribution in [3.63, 3.8) is 0 Å². The van der Waals surface area contributed by atoms with Gasteiger partial charge in [0, 0.05) is 25.2 Å². The summed E-state index contributed by atoms with van der Waals surface area (Å²) in [6, 6.07) is 0. The molecule has 0 aromatic carbocycles. The van der Waals surface area contributed by atoms with Crippen LogP contribution in [0.4, 0.5) is 0 Å². The van der Waals surface area contributed by atoms with Gasteiger partial charge in [-0.3, -0.25) is 4.90 Å². The number of rotatable bonds is 9. The van der Waals surface area contributed by atoms with E-state index in [9.17, 15) is 0 Å². The Bertz CT molecular complexity index is 214. The van der Waals surface area contributed by atoms with Gasteiger partial charge in [0.1, 0.15) is 0 Å². The van der Waals surface area contributed by atoms with Gasteiger partial charge in [0.2, 0.25) is 0 Å². The van der Waals surface area contributed by atoms with Gasteiger partial charge in [-0.15, -0.1) is 0 Å². The molecule has 0 bridgehead atoms. The summed E-state index contributed by atoms with van der Waals surface area (Å²) in [5, 5.41) is 0.